The van der Waals surface area contributed by atoms with Crippen LogP contribution in [0.4, 0.5) is 11.4 Å². The van der Waals surface area contributed by atoms with Gasteiger partial charge in [0.2, 0.25) is 0 Å². The molecular weight excluding hydrogens is 200 g/mol. The molecule has 0 amide bonds. The number of nitrogens with zero attached hydrogens (tertiary/aromatic N) is 1. The molecule has 0 fully saturated rings. The van der Waals surface area contributed by atoms with Crippen LogP contribution in [0, 0.1) is 10.1 Å². The van der Waals surface area contributed by atoms with Gasteiger partial charge in [0.25, 0.3) is 5.69 Å². The van der Waals surface area contributed by atoms with Crippen molar-refractivity contribution >= 4 is 11.4 Å². The van der Waals surface area contributed by atoms with Crippen LogP contribution in [0.1, 0.15) is 0 Å². The molecule has 0 spiro atoms. The maximum absolute atomic E-state index is 10.4. The Morgan fingerprint density at radius 1 is 1.53 bits per heavy atom. The van der Waals surface area contributed by atoms with E-state index in [1.54, 1.807) is 12.1 Å². The molecule has 15 heavy (non-hydrogen) atoms. The van der Waals surface area contributed by atoms with Crippen molar-refractivity contribution in [3.63, 3.8) is 0 Å². The Bertz CT molecular complexity index is 343. The standard InChI is InChI=1S/C9H12N2O4/c12-6-9(13)5-10-7-2-1-3-8(4-7)11(14)15/h1-4,9-10,12-13H,5-6H2. The van der Waals surface area contributed by atoms with Crippen LogP contribution in [-0.2, 0) is 0 Å². The molecule has 1 aromatic rings. The van der Waals surface area contributed by atoms with E-state index in [9.17, 15) is 10.1 Å². The van der Waals surface area contributed by atoms with Gasteiger partial charge in [-0.1, -0.05) is 6.07 Å². The van der Waals surface area contributed by atoms with Gasteiger partial charge in [0, 0.05) is 24.4 Å². The Labute approximate surface area is 86.3 Å². The molecule has 0 radical (unpaired) electrons. The molecule has 82 valence electrons. The zero-order valence-corrected chi connectivity index (χ0v) is 7.96. The summed E-state index contributed by atoms with van der Waals surface area (Å²) in [5.41, 5.74) is 0.523. The monoisotopic (exact) mass is 212 g/mol. The fraction of sp³-hybridized carbons (Fsp3) is 0.333. The van der Waals surface area contributed by atoms with Gasteiger partial charge in [0.15, 0.2) is 0 Å². The molecule has 1 atom stereocenters. The average molecular weight is 212 g/mol. The highest BCUT2D eigenvalue weighted by molar-refractivity contribution is 5.50. The molecule has 0 saturated carbocycles. The van der Waals surface area contributed by atoms with E-state index in [0.29, 0.717) is 5.69 Å². The molecule has 1 aromatic carbocycles. The number of hydrogen-bond acceptors (Lipinski definition) is 5. The number of rotatable bonds is 5. The molecule has 3 N–H and O–H groups in total. The van der Waals surface area contributed by atoms with Crippen molar-refractivity contribution in [3.8, 4) is 0 Å². The first-order valence-electron chi connectivity index (χ1n) is 4.40. The lowest BCUT2D eigenvalue weighted by Crippen LogP contribution is -2.22. The van der Waals surface area contributed by atoms with Gasteiger partial charge in [0.1, 0.15) is 0 Å². The number of benzene rings is 1. The highest BCUT2D eigenvalue weighted by Crippen LogP contribution is 2.16. The number of non-ortho nitro benzene ring substituents is 1. The van der Waals surface area contributed by atoms with Gasteiger partial charge in [-0.15, -0.1) is 0 Å². The van der Waals surface area contributed by atoms with Gasteiger partial charge < -0.3 is 15.5 Å². The van der Waals surface area contributed by atoms with E-state index in [0.717, 1.165) is 0 Å². The first-order valence-corrected chi connectivity index (χ1v) is 4.40. The molecule has 0 bridgehead atoms. The summed E-state index contributed by atoms with van der Waals surface area (Å²) in [5.74, 6) is 0. The van der Waals surface area contributed by atoms with Crippen molar-refractivity contribution < 1.29 is 15.1 Å². The quantitative estimate of drug-likeness (QED) is 0.483. The summed E-state index contributed by atoms with van der Waals surface area (Å²) in [6.07, 6.45) is -0.871. The third-order valence-electron chi connectivity index (χ3n) is 1.81. The summed E-state index contributed by atoms with van der Waals surface area (Å²) >= 11 is 0. The van der Waals surface area contributed by atoms with Crippen LogP contribution in [0.5, 0.6) is 0 Å². The SMILES string of the molecule is O=[N+]([O-])c1cccc(NCC(O)CO)c1. The van der Waals surface area contributed by atoms with Gasteiger partial charge in [0.05, 0.1) is 17.6 Å². The van der Waals surface area contributed by atoms with Crippen LogP contribution in [0.15, 0.2) is 24.3 Å². The van der Waals surface area contributed by atoms with Gasteiger partial charge >= 0.3 is 0 Å². The molecule has 1 unspecified atom stereocenters. The highest BCUT2D eigenvalue weighted by Gasteiger charge is 2.06. The predicted octanol–water partition coefficient (Wildman–Crippen LogP) is 0.360. The molecule has 0 saturated heterocycles. The smallest absolute Gasteiger partial charge is 0.271 e. The van der Waals surface area contributed by atoms with Gasteiger partial charge in [-0.3, -0.25) is 10.1 Å². The van der Waals surface area contributed by atoms with E-state index in [1.807, 2.05) is 0 Å². The second-order valence-corrected chi connectivity index (χ2v) is 3.02. The second kappa shape index (κ2) is 5.28. The number of nitrogens with one attached hydrogen (secondary N) is 1. The van der Waals surface area contributed by atoms with Gasteiger partial charge in [-0.05, 0) is 6.07 Å². The van der Waals surface area contributed by atoms with Crippen molar-refractivity contribution in [1.29, 1.82) is 0 Å². The fourth-order valence-corrected chi connectivity index (χ4v) is 1.03. The summed E-state index contributed by atoms with van der Waals surface area (Å²) in [7, 11) is 0. The average Bonchev–Trinajstić information content (AvgIpc) is 2.26. The molecule has 1 rings (SSSR count). The van der Waals surface area contributed by atoms with Crippen LogP contribution >= 0.6 is 0 Å². The minimum atomic E-state index is -0.871. The van der Waals surface area contributed by atoms with Crippen LogP contribution in [0.3, 0.4) is 0 Å². The van der Waals surface area contributed by atoms with Gasteiger partial charge in [-0.25, -0.2) is 0 Å². The molecule has 0 aliphatic heterocycles. The normalized spacial score (nSPS) is 12.1. The molecule has 0 aliphatic carbocycles. The Morgan fingerprint density at radius 2 is 2.27 bits per heavy atom. The predicted molar refractivity (Wildman–Crippen MR) is 54.7 cm³/mol. The van der Waals surface area contributed by atoms with E-state index in [2.05, 4.69) is 5.32 Å². The highest BCUT2D eigenvalue weighted by atomic mass is 16.6. The van der Waals surface area contributed by atoms with E-state index in [4.69, 9.17) is 10.2 Å². The summed E-state index contributed by atoms with van der Waals surface area (Å²) in [5, 5.41) is 30.8. The first-order chi connectivity index (χ1) is 7.13. The largest absolute Gasteiger partial charge is 0.394 e. The Hall–Kier alpha value is -1.66. The molecular formula is C9H12N2O4. The summed E-state index contributed by atoms with van der Waals surface area (Å²) in [6, 6.07) is 5.95. The minimum absolute atomic E-state index is 0.0153. The van der Waals surface area contributed by atoms with Crippen molar-refractivity contribution in [3.05, 3.63) is 34.4 Å². The van der Waals surface area contributed by atoms with Gasteiger partial charge in [-0.2, -0.15) is 0 Å². The maximum atomic E-state index is 10.4. The summed E-state index contributed by atoms with van der Waals surface area (Å²) < 4.78 is 0. The molecule has 0 aromatic heterocycles. The lowest BCUT2D eigenvalue weighted by Gasteiger charge is -2.09. The summed E-state index contributed by atoms with van der Waals surface area (Å²) in [4.78, 5) is 9.94. The molecule has 6 heteroatoms. The fourth-order valence-electron chi connectivity index (χ4n) is 1.03. The third kappa shape index (κ3) is 3.53. The van der Waals surface area contributed by atoms with Crippen molar-refractivity contribution in [2.45, 2.75) is 6.10 Å². The minimum Gasteiger partial charge on any atom is -0.394 e. The Balaban J connectivity index is 2.62. The third-order valence-corrected chi connectivity index (χ3v) is 1.81. The van der Waals surface area contributed by atoms with E-state index in [1.165, 1.54) is 12.1 Å². The number of aliphatic hydroxyl groups excluding tert-OH is 2. The van der Waals surface area contributed by atoms with E-state index >= 15 is 0 Å². The van der Waals surface area contributed by atoms with Crippen LogP contribution < -0.4 is 5.32 Å². The number of anilines is 1. The van der Waals surface area contributed by atoms with Crippen LogP contribution in [-0.4, -0.2) is 34.4 Å². The second-order valence-electron chi connectivity index (χ2n) is 3.02. The maximum Gasteiger partial charge on any atom is 0.271 e. The first kappa shape index (κ1) is 11.4. The number of nitro groups is 1. The molecule has 0 aliphatic rings. The summed E-state index contributed by atoms with van der Waals surface area (Å²) in [6.45, 7) is -0.195. The van der Waals surface area contributed by atoms with Crippen molar-refractivity contribution in [2.24, 2.45) is 0 Å². The van der Waals surface area contributed by atoms with Crippen molar-refractivity contribution in [1.82, 2.24) is 0 Å². The van der Waals surface area contributed by atoms with Crippen LogP contribution in [0.2, 0.25) is 0 Å². The Kier molecular flexibility index (Phi) is 4.02. The van der Waals surface area contributed by atoms with Crippen molar-refractivity contribution in [2.75, 3.05) is 18.5 Å². The molecule has 6 nitrogen and oxygen atoms in total. The Morgan fingerprint density at radius 3 is 2.87 bits per heavy atom. The number of nitro benzene ring substituents is 1. The topological polar surface area (TPSA) is 95.6 Å². The zero-order valence-electron chi connectivity index (χ0n) is 7.96. The zero-order chi connectivity index (χ0) is 11.3. The molecule has 0 heterocycles. The van der Waals surface area contributed by atoms with E-state index < -0.39 is 11.0 Å². The van der Waals surface area contributed by atoms with E-state index in [-0.39, 0.29) is 18.8 Å². The lowest BCUT2D eigenvalue weighted by atomic mass is 10.2. The van der Waals surface area contributed by atoms with Crippen LogP contribution in [0.25, 0.3) is 0 Å². The lowest BCUT2D eigenvalue weighted by molar-refractivity contribution is -0.384. The number of aliphatic hydroxyl groups is 2. The number of hydrogen-bond donors (Lipinski definition) is 3.